The van der Waals surface area contributed by atoms with Crippen molar-refractivity contribution in [2.24, 2.45) is 0 Å². The second-order valence-corrected chi connectivity index (χ2v) is 2.69. The van der Waals surface area contributed by atoms with Crippen LogP contribution in [0.1, 0.15) is 5.69 Å². The summed E-state index contributed by atoms with van der Waals surface area (Å²) in [6.07, 6.45) is 2.47. The first kappa shape index (κ1) is 10.3. The summed E-state index contributed by atoms with van der Waals surface area (Å²) >= 11 is 0. The fourth-order valence-electron chi connectivity index (χ4n) is 0.999. The molecule has 14 heavy (non-hydrogen) atoms. The average molecular weight is 196 g/mol. The van der Waals surface area contributed by atoms with Gasteiger partial charge < -0.3 is 15.0 Å². The predicted molar refractivity (Wildman–Crippen MR) is 49.5 cm³/mol. The summed E-state index contributed by atoms with van der Waals surface area (Å²) in [6, 6.07) is 3.78. The molecule has 1 rings (SSSR count). The molecule has 0 saturated heterocycles. The summed E-state index contributed by atoms with van der Waals surface area (Å²) in [6.45, 7) is 0.411. The zero-order chi connectivity index (χ0) is 10.4. The van der Waals surface area contributed by atoms with E-state index in [1.165, 1.54) is 7.11 Å². The number of aromatic nitrogens is 1. The molecule has 0 aliphatic carbocycles. The highest BCUT2D eigenvalue weighted by molar-refractivity contribution is 6.32. The topological polar surface area (TPSA) is 71.2 Å². The van der Waals surface area contributed by atoms with Crippen LogP contribution in [-0.2, 0) is 20.7 Å². The molecule has 0 fully saturated rings. The number of methoxy groups -OCH3 is 1. The Morgan fingerprint density at radius 2 is 2.36 bits per heavy atom. The Morgan fingerprint density at radius 1 is 1.57 bits per heavy atom. The third-order valence-corrected chi connectivity index (χ3v) is 1.71. The molecule has 2 N–H and O–H groups in total. The Bertz CT molecular complexity index is 306. The average Bonchev–Trinajstić information content (AvgIpc) is 2.69. The van der Waals surface area contributed by atoms with E-state index in [0.29, 0.717) is 13.0 Å². The molecule has 5 heteroatoms. The molecule has 1 heterocycles. The summed E-state index contributed by atoms with van der Waals surface area (Å²) in [7, 11) is 1.17. The van der Waals surface area contributed by atoms with E-state index in [1.807, 2.05) is 12.1 Å². The highest BCUT2D eigenvalue weighted by atomic mass is 16.5. The number of hydrogen-bond donors (Lipinski definition) is 2. The molecule has 1 aromatic rings. The Kier molecular flexibility index (Phi) is 3.72. The van der Waals surface area contributed by atoms with Crippen LogP contribution in [0.2, 0.25) is 0 Å². The van der Waals surface area contributed by atoms with Crippen LogP contribution in [0, 0.1) is 0 Å². The van der Waals surface area contributed by atoms with Crippen LogP contribution in [0.4, 0.5) is 0 Å². The lowest BCUT2D eigenvalue weighted by atomic mass is 10.3. The van der Waals surface area contributed by atoms with Gasteiger partial charge in [0.15, 0.2) is 0 Å². The van der Waals surface area contributed by atoms with E-state index in [0.717, 1.165) is 5.69 Å². The SMILES string of the molecule is COC(=O)C(=O)NCCc1ccc[nH]1. The zero-order valence-electron chi connectivity index (χ0n) is 7.87. The molecule has 0 unspecified atom stereocenters. The minimum atomic E-state index is -0.864. The lowest BCUT2D eigenvalue weighted by Crippen LogP contribution is -2.33. The minimum absolute atomic E-state index is 0.411. The predicted octanol–water partition coefficient (Wildman–Crippen LogP) is -0.154. The first-order valence-electron chi connectivity index (χ1n) is 4.22. The third kappa shape index (κ3) is 2.93. The van der Waals surface area contributed by atoms with E-state index < -0.39 is 11.9 Å². The lowest BCUT2D eigenvalue weighted by molar-refractivity contribution is -0.152. The number of aromatic amines is 1. The summed E-state index contributed by atoms with van der Waals surface area (Å²) in [5.74, 6) is -1.57. The van der Waals surface area contributed by atoms with Crippen LogP contribution in [0.15, 0.2) is 18.3 Å². The number of amides is 1. The molecule has 0 bridgehead atoms. The molecule has 0 atom stereocenters. The van der Waals surface area contributed by atoms with Gasteiger partial charge in [-0.3, -0.25) is 4.79 Å². The smallest absolute Gasteiger partial charge is 0.396 e. The molecule has 0 aromatic carbocycles. The summed E-state index contributed by atoms with van der Waals surface area (Å²) in [5, 5.41) is 2.44. The highest BCUT2D eigenvalue weighted by Gasteiger charge is 2.11. The van der Waals surface area contributed by atoms with Gasteiger partial charge in [-0.15, -0.1) is 0 Å². The lowest BCUT2D eigenvalue weighted by Gasteiger charge is -2.01. The largest absolute Gasteiger partial charge is 0.462 e. The zero-order valence-corrected chi connectivity index (χ0v) is 7.87. The van der Waals surface area contributed by atoms with Crippen molar-refractivity contribution in [1.82, 2.24) is 10.3 Å². The van der Waals surface area contributed by atoms with Gasteiger partial charge in [0.05, 0.1) is 7.11 Å². The van der Waals surface area contributed by atoms with Crippen molar-refractivity contribution in [1.29, 1.82) is 0 Å². The molecule has 1 aromatic heterocycles. The quantitative estimate of drug-likeness (QED) is 0.521. The van der Waals surface area contributed by atoms with E-state index in [1.54, 1.807) is 6.20 Å². The maximum atomic E-state index is 10.9. The number of rotatable bonds is 3. The van der Waals surface area contributed by atoms with Crippen molar-refractivity contribution in [3.8, 4) is 0 Å². The van der Waals surface area contributed by atoms with Crippen molar-refractivity contribution in [3.63, 3.8) is 0 Å². The molecular formula is C9H12N2O3. The van der Waals surface area contributed by atoms with Gasteiger partial charge >= 0.3 is 11.9 Å². The van der Waals surface area contributed by atoms with Crippen LogP contribution >= 0.6 is 0 Å². The van der Waals surface area contributed by atoms with E-state index in [9.17, 15) is 9.59 Å². The fourth-order valence-corrected chi connectivity index (χ4v) is 0.999. The normalized spacial score (nSPS) is 9.50. The van der Waals surface area contributed by atoms with Crippen LogP contribution in [0.3, 0.4) is 0 Å². The molecule has 0 radical (unpaired) electrons. The number of carbonyl (C=O) groups is 2. The second-order valence-electron chi connectivity index (χ2n) is 2.69. The fraction of sp³-hybridized carbons (Fsp3) is 0.333. The summed E-state index contributed by atoms with van der Waals surface area (Å²) in [5.41, 5.74) is 1.01. The number of hydrogen-bond acceptors (Lipinski definition) is 3. The van der Waals surface area contributed by atoms with Crippen molar-refractivity contribution < 1.29 is 14.3 Å². The molecule has 0 aliphatic heterocycles. The van der Waals surface area contributed by atoms with Gasteiger partial charge in [0, 0.05) is 24.9 Å². The van der Waals surface area contributed by atoms with E-state index in [4.69, 9.17) is 0 Å². The van der Waals surface area contributed by atoms with Gasteiger partial charge in [-0.25, -0.2) is 4.79 Å². The Hall–Kier alpha value is -1.78. The van der Waals surface area contributed by atoms with Crippen molar-refractivity contribution in [3.05, 3.63) is 24.0 Å². The number of carbonyl (C=O) groups excluding carboxylic acids is 2. The molecule has 76 valence electrons. The molecule has 0 spiro atoms. The highest BCUT2D eigenvalue weighted by Crippen LogP contribution is 1.93. The molecular weight excluding hydrogens is 184 g/mol. The van der Waals surface area contributed by atoms with Crippen LogP contribution in [0.25, 0.3) is 0 Å². The van der Waals surface area contributed by atoms with Crippen LogP contribution in [-0.4, -0.2) is 30.5 Å². The van der Waals surface area contributed by atoms with Gasteiger partial charge in [-0.05, 0) is 12.1 Å². The number of ether oxygens (including phenoxy) is 1. The Morgan fingerprint density at radius 3 is 2.93 bits per heavy atom. The van der Waals surface area contributed by atoms with Gasteiger partial charge in [0.25, 0.3) is 0 Å². The summed E-state index contributed by atoms with van der Waals surface area (Å²) < 4.78 is 4.24. The van der Waals surface area contributed by atoms with Crippen molar-refractivity contribution in [2.45, 2.75) is 6.42 Å². The van der Waals surface area contributed by atoms with Crippen LogP contribution < -0.4 is 5.32 Å². The van der Waals surface area contributed by atoms with Crippen molar-refractivity contribution in [2.75, 3.05) is 13.7 Å². The first-order valence-corrected chi connectivity index (χ1v) is 4.22. The molecule has 0 saturated carbocycles. The van der Waals surface area contributed by atoms with Gasteiger partial charge in [0.2, 0.25) is 0 Å². The number of H-pyrrole nitrogens is 1. The van der Waals surface area contributed by atoms with Gasteiger partial charge in [-0.1, -0.05) is 0 Å². The molecule has 0 aliphatic rings. The number of nitrogens with one attached hydrogen (secondary N) is 2. The first-order chi connectivity index (χ1) is 6.74. The Labute approximate surface area is 81.5 Å². The Balaban J connectivity index is 2.22. The monoisotopic (exact) mass is 196 g/mol. The third-order valence-electron chi connectivity index (χ3n) is 1.71. The molecule has 5 nitrogen and oxygen atoms in total. The van der Waals surface area contributed by atoms with E-state index >= 15 is 0 Å². The molecule has 1 amide bonds. The maximum absolute atomic E-state index is 10.9. The van der Waals surface area contributed by atoms with Gasteiger partial charge in [0.1, 0.15) is 0 Å². The summed E-state index contributed by atoms with van der Waals surface area (Å²) in [4.78, 5) is 24.6. The van der Waals surface area contributed by atoms with Crippen LogP contribution in [0.5, 0.6) is 0 Å². The maximum Gasteiger partial charge on any atom is 0.396 e. The minimum Gasteiger partial charge on any atom is -0.462 e. The number of esters is 1. The standard InChI is InChI=1S/C9H12N2O3/c1-14-9(13)8(12)11-6-4-7-3-2-5-10-7/h2-3,5,10H,4,6H2,1H3,(H,11,12). The van der Waals surface area contributed by atoms with E-state index in [2.05, 4.69) is 15.0 Å². The van der Waals surface area contributed by atoms with Gasteiger partial charge in [-0.2, -0.15) is 0 Å². The van der Waals surface area contributed by atoms with E-state index in [-0.39, 0.29) is 0 Å². The second kappa shape index (κ2) is 5.06. The van der Waals surface area contributed by atoms with Crippen molar-refractivity contribution >= 4 is 11.9 Å².